The quantitative estimate of drug-likeness (QED) is 0.184. The van der Waals surface area contributed by atoms with Crippen LogP contribution in [0.1, 0.15) is 106 Å². The second kappa shape index (κ2) is 16.5. The van der Waals surface area contributed by atoms with Gasteiger partial charge < -0.3 is 48.1 Å². The lowest BCUT2D eigenvalue weighted by Crippen LogP contribution is -2.67. The molecule has 4 heterocycles. The van der Waals surface area contributed by atoms with Gasteiger partial charge in [-0.2, -0.15) is 0 Å². The number of epoxide rings is 1. The van der Waals surface area contributed by atoms with Crippen LogP contribution in [0.2, 0.25) is 0 Å². The van der Waals surface area contributed by atoms with Crippen molar-refractivity contribution in [3.8, 4) is 5.88 Å². The Labute approximate surface area is 364 Å². The largest absolute Gasteiger partial charge is 0.463 e. The average molecular weight is 886 g/mol. The van der Waals surface area contributed by atoms with Gasteiger partial charge in [0.05, 0.1) is 35.9 Å². The average Bonchev–Trinajstić information content (AvgIpc) is 3.58. The molecule has 1 spiro atoms. The first kappa shape index (κ1) is 45.1. The summed E-state index contributed by atoms with van der Waals surface area (Å²) in [5, 5.41) is 30.4. The van der Waals surface area contributed by atoms with Crippen molar-refractivity contribution in [2.45, 2.75) is 161 Å². The molecule has 6 fully saturated rings. The summed E-state index contributed by atoms with van der Waals surface area (Å²) >= 11 is 0. The van der Waals surface area contributed by atoms with Crippen LogP contribution in [-0.2, 0) is 61.9 Å². The summed E-state index contributed by atoms with van der Waals surface area (Å²) in [5.41, 5.74) is -0.914. The van der Waals surface area contributed by atoms with Crippen molar-refractivity contribution in [2.75, 3.05) is 13.2 Å². The Bertz CT molecular complexity index is 2070. The fraction of sp³-hybridized carbons (Fsp3) is 0.773. The molecule has 0 amide bonds. The van der Waals surface area contributed by atoms with Crippen LogP contribution in [0, 0.1) is 40.4 Å². The van der Waals surface area contributed by atoms with Crippen LogP contribution in [0.25, 0.3) is 0 Å². The van der Waals surface area contributed by atoms with E-state index < -0.39 is 90.3 Å². The molecule has 2 N–H and O–H groups in total. The second-order valence-corrected chi connectivity index (χ2v) is 19.2. The third-order valence-corrected chi connectivity index (χ3v) is 16.0. The third kappa shape index (κ3) is 7.43. The molecule has 17 atom stereocenters. The molecular formula is C44H59N3O16. The SMILES string of the molecule is CC(=O)OC[C@H]1O[C@@H](Oc2cn([C@H]3CC(=O)[C@]4(C)[C@H]5CC[C@]6(C)[C@@H]([C@H](C)[C@H]7CC(C)=C(CO)C(=O)O7)CC[C@H]6[C@@H]5C[C@H]5O[C@]54[C@H]3O)nn2)[C@H](OC(C)=O)[C@@H](OC(C)=O)[C@H]1OC(C)=O. The number of carbonyl (C=O) groups excluding carboxylic acids is 6. The topological polar surface area (TPSA) is 251 Å². The fourth-order valence-corrected chi connectivity index (χ4v) is 13.2. The van der Waals surface area contributed by atoms with Gasteiger partial charge >= 0.3 is 29.8 Å². The molecular weight excluding hydrogens is 826 g/mol. The van der Waals surface area contributed by atoms with Gasteiger partial charge in [0.2, 0.25) is 12.4 Å². The van der Waals surface area contributed by atoms with E-state index >= 15 is 0 Å². The van der Waals surface area contributed by atoms with E-state index in [-0.39, 0.29) is 60.1 Å². The lowest BCUT2D eigenvalue weighted by Gasteiger charge is -2.59. The molecule has 19 nitrogen and oxygen atoms in total. The standard InChI is InChI=1S/C44H59N3O16/c1-19-13-31(60-40(55)26(19)17-48)20(2)27-9-10-28-25-14-34-44(63-34)39(54)30(15-33(53)43(44,8)29(25)11-12-42(27,28)7)47-16-35(45-46-47)62-41-38(59-24(6)52)37(58-23(5)51)36(57-22(4)50)32(61-41)18-56-21(3)49/h16,20,25,27-32,34,36-39,41,48,54H,9-15,17-18H2,1-8H3/t20-,25-,27+,28-,29-,30-,31+,32+,34+,36-,37-,38+,39-,41-,42+,43-,44-/m0/s1. The van der Waals surface area contributed by atoms with Crippen molar-refractivity contribution in [2.24, 2.45) is 40.4 Å². The first-order chi connectivity index (χ1) is 29.7. The van der Waals surface area contributed by atoms with Gasteiger partial charge in [0.25, 0.3) is 5.88 Å². The van der Waals surface area contributed by atoms with E-state index in [9.17, 15) is 39.0 Å². The number of nitrogens with zero attached hydrogens (tertiary/aromatic N) is 3. The van der Waals surface area contributed by atoms with E-state index in [1.165, 1.54) is 17.8 Å². The van der Waals surface area contributed by atoms with Crippen molar-refractivity contribution in [1.82, 2.24) is 15.0 Å². The van der Waals surface area contributed by atoms with Gasteiger partial charge in [0.15, 0.2) is 12.2 Å². The van der Waals surface area contributed by atoms with Gasteiger partial charge in [-0.1, -0.05) is 29.7 Å². The molecule has 1 aromatic heterocycles. The van der Waals surface area contributed by atoms with Crippen LogP contribution in [0.5, 0.6) is 5.88 Å². The molecule has 0 radical (unpaired) electrons. The summed E-state index contributed by atoms with van der Waals surface area (Å²) in [6.45, 7) is 12.1. The molecule has 0 bridgehead atoms. The van der Waals surface area contributed by atoms with Crippen LogP contribution in [-0.4, -0.2) is 129 Å². The summed E-state index contributed by atoms with van der Waals surface area (Å²) in [4.78, 5) is 76.1. The first-order valence-corrected chi connectivity index (χ1v) is 22.0. The number of aliphatic hydroxyl groups is 2. The van der Waals surface area contributed by atoms with Crippen LogP contribution in [0.4, 0.5) is 0 Å². The second-order valence-electron chi connectivity index (χ2n) is 19.2. The minimum absolute atomic E-state index is 0.0199. The van der Waals surface area contributed by atoms with E-state index in [1.54, 1.807) is 0 Å². The number of ether oxygens (including phenoxy) is 8. The Balaban J connectivity index is 1.00. The lowest BCUT2D eigenvalue weighted by atomic mass is 9.43. The molecule has 0 aromatic carbocycles. The van der Waals surface area contributed by atoms with Gasteiger partial charge in [0.1, 0.15) is 36.3 Å². The number of carbonyl (C=O) groups is 6. The molecule has 1 aromatic rings. The maximum atomic E-state index is 14.7. The molecule has 0 unspecified atom stereocenters. The number of ketones is 1. The maximum absolute atomic E-state index is 14.7. The molecule has 19 heteroatoms. The number of cyclic esters (lactones) is 1. The number of fused-ring (bicyclic) bond motifs is 4. The molecule has 4 aliphatic carbocycles. The smallest absolute Gasteiger partial charge is 0.336 e. The van der Waals surface area contributed by atoms with Crippen molar-refractivity contribution in [3.63, 3.8) is 0 Å². The number of hydrogen-bond donors (Lipinski definition) is 2. The predicted octanol–water partition coefficient (Wildman–Crippen LogP) is 2.48. The van der Waals surface area contributed by atoms with Gasteiger partial charge in [-0.25, -0.2) is 9.48 Å². The molecule has 3 aliphatic heterocycles. The van der Waals surface area contributed by atoms with Gasteiger partial charge in [0, 0.05) is 40.5 Å². The molecule has 7 aliphatic rings. The monoisotopic (exact) mass is 885 g/mol. The van der Waals surface area contributed by atoms with Crippen LogP contribution < -0.4 is 4.74 Å². The van der Waals surface area contributed by atoms with Crippen molar-refractivity contribution in [1.29, 1.82) is 0 Å². The van der Waals surface area contributed by atoms with Gasteiger partial charge in [-0.05, 0) is 81.0 Å². The van der Waals surface area contributed by atoms with E-state index in [2.05, 4.69) is 24.2 Å². The van der Waals surface area contributed by atoms with Crippen LogP contribution >= 0.6 is 0 Å². The van der Waals surface area contributed by atoms with Crippen LogP contribution in [0.3, 0.4) is 0 Å². The van der Waals surface area contributed by atoms with Crippen molar-refractivity contribution >= 4 is 35.6 Å². The zero-order valence-corrected chi connectivity index (χ0v) is 37.0. The number of aromatic nitrogens is 3. The van der Waals surface area contributed by atoms with Gasteiger partial charge in [-0.3, -0.25) is 24.0 Å². The Morgan fingerprint density at radius 3 is 2.27 bits per heavy atom. The highest BCUT2D eigenvalue weighted by Crippen LogP contribution is 2.74. The first-order valence-electron chi connectivity index (χ1n) is 22.0. The number of aliphatic hydroxyl groups excluding tert-OH is 2. The molecule has 2 saturated heterocycles. The highest BCUT2D eigenvalue weighted by Gasteiger charge is 2.82. The normalized spacial score (nSPS) is 42.0. The van der Waals surface area contributed by atoms with E-state index in [0.29, 0.717) is 30.3 Å². The highest BCUT2D eigenvalue weighted by molar-refractivity contribution is 5.90. The summed E-state index contributed by atoms with van der Waals surface area (Å²) < 4.78 is 47.6. The lowest BCUT2D eigenvalue weighted by molar-refractivity contribution is -0.289. The number of hydrogen-bond acceptors (Lipinski definition) is 18. The predicted molar refractivity (Wildman–Crippen MR) is 212 cm³/mol. The van der Waals surface area contributed by atoms with Crippen molar-refractivity contribution in [3.05, 3.63) is 17.3 Å². The molecule has 63 heavy (non-hydrogen) atoms. The minimum Gasteiger partial charge on any atom is -0.463 e. The van der Waals surface area contributed by atoms with Crippen LogP contribution in [0.15, 0.2) is 17.3 Å². The maximum Gasteiger partial charge on any atom is 0.336 e. The fourth-order valence-electron chi connectivity index (χ4n) is 13.2. The molecule has 4 saturated carbocycles. The summed E-state index contributed by atoms with van der Waals surface area (Å²) in [6.07, 6.45) is -2.67. The van der Waals surface area contributed by atoms with E-state index in [4.69, 9.17) is 37.9 Å². The number of Topliss-reactive ketones (excluding diaryl/α,β-unsaturated/α-hetero) is 1. The van der Waals surface area contributed by atoms with Gasteiger partial charge in [-0.15, -0.1) is 0 Å². The zero-order chi connectivity index (χ0) is 45.5. The zero-order valence-electron chi connectivity index (χ0n) is 37.0. The summed E-state index contributed by atoms with van der Waals surface area (Å²) in [6, 6.07) is -0.875. The Morgan fingerprint density at radius 2 is 1.62 bits per heavy atom. The number of esters is 5. The Hall–Kier alpha value is -4.46. The summed E-state index contributed by atoms with van der Waals surface area (Å²) in [5.74, 6) is -2.79. The van der Waals surface area contributed by atoms with E-state index in [1.807, 2.05) is 13.8 Å². The highest BCUT2D eigenvalue weighted by atomic mass is 16.7. The Morgan fingerprint density at radius 1 is 0.937 bits per heavy atom. The number of rotatable bonds is 11. The summed E-state index contributed by atoms with van der Waals surface area (Å²) in [7, 11) is 0. The molecule has 8 rings (SSSR count). The minimum atomic E-state index is -1.56. The van der Waals surface area contributed by atoms with E-state index in [0.717, 1.165) is 52.0 Å². The Kier molecular flexibility index (Phi) is 11.8. The molecule has 346 valence electrons. The van der Waals surface area contributed by atoms with Crippen molar-refractivity contribution < 1.29 is 76.9 Å². The third-order valence-electron chi connectivity index (χ3n) is 16.0.